The number of nitrogens with one attached hydrogen (secondary N) is 1. The van der Waals surface area contributed by atoms with Gasteiger partial charge in [0.2, 0.25) is 0 Å². The quantitative estimate of drug-likeness (QED) is 0.577. The number of hydrogen-bond donors (Lipinski definition) is 1. The van der Waals surface area contributed by atoms with Crippen molar-refractivity contribution in [1.82, 2.24) is 5.32 Å². The monoisotopic (exact) mass is 153 g/mol. The lowest BCUT2D eigenvalue weighted by atomic mass is 10.1. The smallest absolute Gasteiger partial charge is 0.0130 e. The molecule has 1 rings (SSSR count). The summed E-state index contributed by atoms with van der Waals surface area (Å²) in [5.41, 5.74) is 0. The van der Waals surface area contributed by atoms with Gasteiger partial charge in [-0.05, 0) is 38.1 Å². The van der Waals surface area contributed by atoms with Crippen LogP contribution in [-0.4, -0.2) is 12.6 Å². The van der Waals surface area contributed by atoms with Crippen molar-refractivity contribution < 1.29 is 0 Å². The molecule has 1 aliphatic rings. The molecule has 0 aromatic heterocycles. The van der Waals surface area contributed by atoms with E-state index in [1.165, 1.54) is 19.3 Å². The molecule has 1 fully saturated rings. The average molecular weight is 153 g/mol. The van der Waals surface area contributed by atoms with Gasteiger partial charge >= 0.3 is 0 Å². The Kier molecular flexibility index (Phi) is 3.64. The maximum Gasteiger partial charge on any atom is 0.0130 e. The molecular weight excluding hydrogens is 134 g/mol. The minimum absolute atomic E-state index is 0.729. The highest BCUT2D eigenvalue weighted by molar-refractivity contribution is 4.90. The standard InChI is InChI=1S/C10H19N/c1-3-5-10(9-6-7-9)11-8-4-2/h3,9-11H,1,4-8H2,2H3. The summed E-state index contributed by atoms with van der Waals surface area (Å²) < 4.78 is 0. The maximum atomic E-state index is 3.78. The summed E-state index contributed by atoms with van der Waals surface area (Å²) in [6.07, 6.45) is 7.26. The Labute approximate surface area is 69.9 Å². The average Bonchev–Trinajstić information content (AvgIpc) is 2.80. The molecule has 1 N–H and O–H groups in total. The minimum Gasteiger partial charge on any atom is -0.313 e. The molecule has 0 saturated heterocycles. The highest BCUT2D eigenvalue weighted by atomic mass is 14.9. The van der Waals surface area contributed by atoms with E-state index in [1.807, 2.05) is 6.08 Å². The summed E-state index contributed by atoms with van der Waals surface area (Å²) in [5, 5.41) is 3.56. The van der Waals surface area contributed by atoms with Gasteiger partial charge in [-0.15, -0.1) is 6.58 Å². The highest BCUT2D eigenvalue weighted by Gasteiger charge is 2.29. The molecule has 1 aliphatic carbocycles. The zero-order valence-corrected chi connectivity index (χ0v) is 7.47. The van der Waals surface area contributed by atoms with E-state index in [1.54, 1.807) is 0 Å². The Balaban J connectivity index is 2.15. The second-order valence-electron chi connectivity index (χ2n) is 3.42. The van der Waals surface area contributed by atoms with Gasteiger partial charge in [-0.3, -0.25) is 0 Å². The van der Waals surface area contributed by atoms with Gasteiger partial charge in [0.1, 0.15) is 0 Å². The van der Waals surface area contributed by atoms with Crippen molar-refractivity contribution >= 4 is 0 Å². The molecule has 0 heterocycles. The number of rotatable bonds is 6. The Morgan fingerprint density at radius 2 is 2.36 bits per heavy atom. The van der Waals surface area contributed by atoms with E-state index in [9.17, 15) is 0 Å². The van der Waals surface area contributed by atoms with Crippen LogP contribution in [0, 0.1) is 5.92 Å². The van der Waals surface area contributed by atoms with Crippen LogP contribution in [0.2, 0.25) is 0 Å². The summed E-state index contributed by atoms with van der Waals surface area (Å²) in [6.45, 7) is 7.15. The van der Waals surface area contributed by atoms with E-state index in [2.05, 4.69) is 18.8 Å². The third-order valence-electron chi connectivity index (χ3n) is 2.27. The van der Waals surface area contributed by atoms with Gasteiger partial charge < -0.3 is 5.32 Å². The summed E-state index contributed by atoms with van der Waals surface area (Å²) in [5.74, 6) is 0.958. The molecular formula is C10H19N. The maximum absolute atomic E-state index is 3.78. The van der Waals surface area contributed by atoms with Crippen LogP contribution in [0.1, 0.15) is 32.6 Å². The van der Waals surface area contributed by atoms with Crippen molar-refractivity contribution in [3.8, 4) is 0 Å². The van der Waals surface area contributed by atoms with Gasteiger partial charge in [-0.25, -0.2) is 0 Å². The molecule has 0 aromatic carbocycles. The topological polar surface area (TPSA) is 12.0 Å². The van der Waals surface area contributed by atoms with Crippen LogP contribution in [0.25, 0.3) is 0 Å². The molecule has 0 radical (unpaired) electrons. The van der Waals surface area contributed by atoms with E-state index in [0.717, 1.165) is 24.9 Å². The third-order valence-corrected chi connectivity index (χ3v) is 2.27. The summed E-state index contributed by atoms with van der Waals surface area (Å²) in [6, 6.07) is 0.729. The van der Waals surface area contributed by atoms with Crippen LogP contribution in [0.4, 0.5) is 0 Å². The van der Waals surface area contributed by atoms with E-state index in [-0.39, 0.29) is 0 Å². The molecule has 64 valence electrons. The Morgan fingerprint density at radius 3 is 2.82 bits per heavy atom. The fraction of sp³-hybridized carbons (Fsp3) is 0.800. The lowest BCUT2D eigenvalue weighted by Crippen LogP contribution is -2.31. The second kappa shape index (κ2) is 4.55. The second-order valence-corrected chi connectivity index (χ2v) is 3.42. The predicted molar refractivity (Wildman–Crippen MR) is 49.6 cm³/mol. The largest absolute Gasteiger partial charge is 0.313 e. The van der Waals surface area contributed by atoms with Gasteiger partial charge in [-0.2, -0.15) is 0 Å². The zero-order chi connectivity index (χ0) is 8.10. The molecule has 1 nitrogen and oxygen atoms in total. The molecule has 11 heavy (non-hydrogen) atoms. The fourth-order valence-electron chi connectivity index (χ4n) is 1.45. The van der Waals surface area contributed by atoms with Crippen LogP contribution < -0.4 is 5.32 Å². The SMILES string of the molecule is C=CCC(NCCC)C1CC1. The van der Waals surface area contributed by atoms with E-state index in [0.29, 0.717) is 0 Å². The molecule has 0 bridgehead atoms. The summed E-state index contributed by atoms with van der Waals surface area (Å²) in [7, 11) is 0. The van der Waals surface area contributed by atoms with Gasteiger partial charge in [-0.1, -0.05) is 13.0 Å². The first-order valence-corrected chi connectivity index (χ1v) is 4.72. The first kappa shape index (κ1) is 8.79. The van der Waals surface area contributed by atoms with Gasteiger partial charge in [0.15, 0.2) is 0 Å². The van der Waals surface area contributed by atoms with Crippen LogP contribution >= 0.6 is 0 Å². The third kappa shape index (κ3) is 3.06. The predicted octanol–water partition coefficient (Wildman–Crippen LogP) is 2.34. The van der Waals surface area contributed by atoms with Crippen LogP contribution in [-0.2, 0) is 0 Å². The molecule has 0 spiro atoms. The van der Waals surface area contributed by atoms with E-state index in [4.69, 9.17) is 0 Å². The molecule has 1 heteroatoms. The summed E-state index contributed by atoms with van der Waals surface area (Å²) >= 11 is 0. The Bertz CT molecular complexity index is 116. The van der Waals surface area contributed by atoms with Crippen molar-refractivity contribution in [2.45, 2.75) is 38.6 Å². The van der Waals surface area contributed by atoms with Crippen molar-refractivity contribution in [3.63, 3.8) is 0 Å². The summed E-state index contributed by atoms with van der Waals surface area (Å²) in [4.78, 5) is 0. The first-order valence-electron chi connectivity index (χ1n) is 4.72. The highest BCUT2D eigenvalue weighted by Crippen LogP contribution is 2.33. The molecule has 1 unspecified atom stereocenters. The number of hydrogen-bond acceptors (Lipinski definition) is 1. The van der Waals surface area contributed by atoms with Crippen molar-refractivity contribution in [2.75, 3.05) is 6.54 Å². The van der Waals surface area contributed by atoms with Crippen molar-refractivity contribution in [3.05, 3.63) is 12.7 Å². The fourth-order valence-corrected chi connectivity index (χ4v) is 1.45. The van der Waals surface area contributed by atoms with Crippen molar-refractivity contribution in [1.29, 1.82) is 0 Å². The van der Waals surface area contributed by atoms with E-state index < -0.39 is 0 Å². The normalized spacial score (nSPS) is 19.7. The van der Waals surface area contributed by atoms with E-state index >= 15 is 0 Å². The molecule has 1 atom stereocenters. The van der Waals surface area contributed by atoms with Crippen LogP contribution in [0.3, 0.4) is 0 Å². The van der Waals surface area contributed by atoms with Crippen LogP contribution in [0.15, 0.2) is 12.7 Å². The lowest BCUT2D eigenvalue weighted by Gasteiger charge is -2.15. The van der Waals surface area contributed by atoms with Gasteiger partial charge in [0.25, 0.3) is 0 Å². The van der Waals surface area contributed by atoms with Crippen molar-refractivity contribution in [2.24, 2.45) is 5.92 Å². The molecule has 1 saturated carbocycles. The van der Waals surface area contributed by atoms with Gasteiger partial charge in [0, 0.05) is 6.04 Å². The molecule has 0 amide bonds. The zero-order valence-electron chi connectivity index (χ0n) is 7.47. The minimum atomic E-state index is 0.729. The molecule has 0 aromatic rings. The van der Waals surface area contributed by atoms with Gasteiger partial charge in [0.05, 0.1) is 0 Å². The van der Waals surface area contributed by atoms with Crippen LogP contribution in [0.5, 0.6) is 0 Å². The first-order chi connectivity index (χ1) is 5.38. The Morgan fingerprint density at radius 1 is 1.64 bits per heavy atom. The molecule has 0 aliphatic heterocycles. The lowest BCUT2D eigenvalue weighted by molar-refractivity contribution is 0.466. The Hall–Kier alpha value is -0.300.